The van der Waals surface area contributed by atoms with E-state index >= 15 is 0 Å². The van der Waals surface area contributed by atoms with Crippen molar-refractivity contribution in [1.82, 2.24) is 5.32 Å². The molecule has 1 amide bonds. The zero-order valence-electron chi connectivity index (χ0n) is 9.58. The Hall–Kier alpha value is -0.580. The van der Waals surface area contributed by atoms with E-state index in [-0.39, 0.29) is 10.7 Å². The second kappa shape index (κ2) is 7.69. The summed E-state index contributed by atoms with van der Waals surface area (Å²) in [4.78, 5) is 11.7. The summed E-state index contributed by atoms with van der Waals surface area (Å²) >= 11 is 9.17. The Bertz CT molecular complexity index is 356. The fourth-order valence-corrected chi connectivity index (χ4v) is 1.87. The number of carbonyl (C=O) groups is 1. The Morgan fingerprint density at radius 2 is 2.12 bits per heavy atom. The first-order valence-corrected chi connectivity index (χ1v) is 6.55. The Labute approximate surface area is 115 Å². The lowest BCUT2D eigenvalue weighted by Crippen LogP contribution is -2.32. The molecule has 1 aromatic rings. The first kappa shape index (κ1) is 14.5. The summed E-state index contributed by atoms with van der Waals surface area (Å²) in [7, 11) is 1.63. The number of benzene rings is 1. The van der Waals surface area contributed by atoms with Crippen molar-refractivity contribution in [2.45, 2.75) is 11.2 Å². The van der Waals surface area contributed by atoms with Gasteiger partial charge in [0.15, 0.2) is 0 Å². The normalized spacial score (nSPS) is 12.2. The quantitative estimate of drug-likeness (QED) is 0.818. The van der Waals surface area contributed by atoms with Crippen LogP contribution in [0.5, 0.6) is 0 Å². The number of carbonyl (C=O) groups excluding carboxylic acids is 1. The van der Waals surface area contributed by atoms with Crippen LogP contribution in [-0.2, 0) is 16.0 Å². The van der Waals surface area contributed by atoms with Gasteiger partial charge in [0.2, 0.25) is 5.91 Å². The largest absolute Gasteiger partial charge is 0.383 e. The molecule has 0 aliphatic heterocycles. The maximum absolute atomic E-state index is 11.6. The summed E-state index contributed by atoms with van der Waals surface area (Å²) in [5.74, 6) is -0.00660. The molecule has 1 aromatic carbocycles. The van der Waals surface area contributed by atoms with Gasteiger partial charge in [0.05, 0.1) is 17.9 Å². The maximum Gasteiger partial charge on any atom is 0.224 e. The number of nitrogens with one attached hydrogen (secondary N) is 1. The van der Waals surface area contributed by atoms with E-state index in [1.807, 2.05) is 12.1 Å². The number of methoxy groups -OCH3 is 1. The van der Waals surface area contributed by atoms with E-state index in [4.69, 9.17) is 16.3 Å². The molecular weight excluding hydrogens is 305 g/mol. The molecule has 0 saturated carbocycles. The standard InChI is InChI=1S/C12H15BrClNO2/c1-17-8-10(13)7-15-12(16)6-9-2-4-11(14)5-3-9/h2-5,10H,6-8H2,1H3,(H,15,16). The van der Waals surface area contributed by atoms with Gasteiger partial charge in [0.25, 0.3) is 0 Å². The summed E-state index contributed by atoms with van der Waals surface area (Å²) in [6, 6.07) is 7.26. The lowest BCUT2D eigenvalue weighted by atomic mass is 10.1. The van der Waals surface area contributed by atoms with Crippen LogP contribution in [0.25, 0.3) is 0 Å². The molecule has 1 atom stereocenters. The lowest BCUT2D eigenvalue weighted by Gasteiger charge is -2.10. The van der Waals surface area contributed by atoms with Crippen LogP contribution < -0.4 is 5.32 Å². The molecule has 0 heterocycles. The number of hydrogen-bond donors (Lipinski definition) is 1. The fourth-order valence-electron chi connectivity index (χ4n) is 1.31. The fraction of sp³-hybridized carbons (Fsp3) is 0.417. The molecule has 3 nitrogen and oxygen atoms in total. The van der Waals surface area contributed by atoms with Crippen LogP contribution in [0, 0.1) is 0 Å². The molecule has 5 heteroatoms. The predicted octanol–water partition coefficient (Wildman–Crippen LogP) is 2.41. The third-order valence-corrected chi connectivity index (χ3v) is 2.99. The van der Waals surface area contributed by atoms with Gasteiger partial charge >= 0.3 is 0 Å². The van der Waals surface area contributed by atoms with Gasteiger partial charge in [0, 0.05) is 18.7 Å². The van der Waals surface area contributed by atoms with Gasteiger partial charge in [-0.2, -0.15) is 0 Å². The average molecular weight is 321 g/mol. The van der Waals surface area contributed by atoms with Gasteiger partial charge in [0.1, 0.15) is 0 Å². The average Bonchev–Trinajstić information content (AvgIpc) is 2.30. The van der Waals surface area contributed by atoms with Crippen molar-refractivity contribution < 1.29 is 9.53 Å². The SMILES string of the molecule is COCC(Br)CNC(=O)Cc1ccc(Cl)cc1. The van der Waals surface area contributed by atoms with Crippen molar-refractivity contribution in [3.63, 3.8) is 0 Å². The first-order valence-electron chi connectivity index (χ1n) is 5.26. The van der Waals surface area contributed by atoms with Crippen LogP contribution in [-0.4, -0.2) is 31.0 Å². The predicted molar refractivity (Wildman–Crippen MR) is 72.8 cm³/mol. The molecule has 0 aliphatic carbocycles. The summed E-state index contributed by atoms with van der Waals surface area (Å²) in [5, 5.41) is 3.51. The molecule has 0 aliphatic rings. The van der Waals surface area contributed by atoms with Crippen molar-refractivity contribution in [2.24, 2.45) is 0 Å². The van der Waals surface area contributed by atoms with Crippen LogP contribution in [0.3, 0.4) is 0 Å². The summed E-state index contributed by atoms with van der Waals surface area (Å²) in [6.45, 7) is 1.13. The molecule has 0 radical (unpaired) electrons. The highest BCUT2D eigenvalue weighted by atomic mass is 79.9. The van der Waals surface area contributed by atoms with Gasteiger partial charge in [-0.15, -0.1) is 0 Å². The van der Waals surface area contributed by atoms with E-state index in [1.54, 1.807) is 19.2 Å². The van der Waals surface area contributed by atoms with Gasteiger partial charge in [-0.05, 0) is 17.7 Å². The van der Waals surface area contributed by atoms with Gasteiger partial charge in [-0.3, -0.25) is 4.79 Å². The Morgan fingerprint density at radius 1 is 1.47 bits per heavy atom. The van der Waals surface area contributed by atoms with Crippen LogP contribution in [0.1, 0.15) is 5.56 Å². The number of halogens is 2. The Kier molecular flexibility index (Phi) is 6.55. The van der Waals surface area contributed by atoms with Crippen molar-refractivity contribution >= 4 is 33.4 Å². The first-order chi connectivity index (χ1) is 8.11. The zero-order valence-corrected chi connectivity index (χ0v) is 11.9. The molecule has 94 valence electrons. The third-order valence-electron chi connectivity index (χ3n) is 2.15. The van der Waals surface area contributed by atoms with E-state index < -0.39 is 0 Å². The van der Waals surface area contributed by atoms with Crippen molar-refractivity contribution in [3.8, 4) is 0 Å². The van der Waals surface area contributed by atoms with Gasteiger partial charge in [-0.25, -0.2) is 0 Å². The van der Waals surface area contributed by atoms with Crippen LogP contribution >= 0.6 is 27.5 Å². The molecule has 0 aromatic heterocycles. The van der Waals surface area contributed by atoms with Gasteiger partial charge in [-0.1, -0.05) is 39.7 Å². The molecule has 0 saturated heterocycles. The Morgan fingerprint density at radius 3 is 2.71 bits per heavy atom. The topological polar surface area (TPSA) is 38.3 Å². The minimum Gasteiger partial charge on any atom is -0.383 e. The molecule has 0 bridgehead atoms. The van der Waals surface area contributed by atoms with Crippen molar-refractivity contribution in [2.75, 3.05) is 20.3 Å². The highest BCUT2D eigenvalue weighted by Gasteiger charge is 2.07. The highest BCUT2D eigenvalue weighted by Crippen LogP contribution is 2.09. The molecule has 1 rings (SSSR count). The molecule has 17 heavy (non-hydrogen) atoms. The minimum atomic E-state index is -0.00660. The molecular formula is C12H15BrClNO2. The highest BCUT2D eigenvalue weighted by molar-refractivity contribution is 9.09. The lowest BCUT2D eigenvalue weighted by molar-refractivity contribution is -0.120. The number of ether oxygens (including phenoxy) is 1. The van der Waals surface area contributed by atoms with E-state index in [0.717, 1.165) is 5.56 Å². The van der Waals surface area contributed by atoms with Crippen LogP contribution in [0.2, 0.25) is 5.02 Å². The monoisotopic (exact) mass is 319 g/mol. The summed E-state index contributed by atoms with van der Waals surface area (Å²) in [5.41, 5.74) is 0.949. The van der Waals surface area contributed by atoms with E-state index in [0.29, 0.717) is 24.6 Å². The number of amides is 1. The molecule has 0 spiro atoms. The van der Waals surface area contributed by atoms with E-state index in [2.05, 4.69) is 21.2 Å². The summed E-state index contributed by atoms with van der Waals surface area (Å²) < 4.78 is 4.95. The Balaban J connectivity index is 2.32. The minimum absolute atomic E-state index is 0.00660. The second-order valence-electron chi connectivity index (χ2n) is 3.66. The van der Waals surface area contributed by atoms with Crippen molar-refractivity contribution in [3.05, 3.63) is 34.9 Å². The summed E-state index contributed by atoms with van der Waals surface area (Å²) in [6.07, 6.45) is 0.365. The van der Waals surface area contributed by atoms with Crippen LogP contribution in [0.4, 0.5) is 0 Å². The number of alkyl halides is 1. The van der Waals surface area contributed by atoms with Crippen LogP contribution in [0.15, 0.2) is 24.3 Å². The van der Waals surface area contributed by atoms with Gasteiger partial charge < -0.3 is 10.1 Å². The second-order valence-corrected chi connectivity index (χ2v) is 5.39. The van der Waals surface area contributed by atoms with Crippen molar-refractivity contribution in [1.29, 1.82) is 0 Å². The van der Waals surface area contributed by atoms with E-state index in [1.165, 1.54) is 0 Å². The van der Waals surface area contributed by atoms with E-state index in [9.17, 15) is 4.79 Å². The number of hydrogen-bond acceptors (Lipinski definition) is 2. The third kappa shape index (κ3) is 6.05. The number of rotatable bonds is 6. The molecule has 0 fully saturated rings. The molecule has 1 unspecified atom stereocenters. The zero-order chi connectivity index (χ0) is 12.7. The maximum atomic E-state index is 11.6. The molecule has 1 N–H and O–H groups in total. The smallest absolute Gasteiger partial charge is 0.224 e.